The number of piperazine rings is 1. The maximum absolute atomic E-state index is 13.0. The lowest BCUT2D eigenvalue weighted by molar-refractivity contribution is 0.258. The molecular formula is C15H19FN4O2S. The molecule has 0 amide bonds. The van der Waals surface area contributed by atoms with Gasteiger partial charge in [0.25, 0.3) is 0 Å². The van der Waals surface area contributed by atoms with Crippen LogP contribution in [0.3, 0.4) is 0 Å². The molecule has 2 heterocycles. The van der Waals surface area contributed by atoms with Gasteiger partial charge in [-0.1, -0.05) is 12.1 Å². The van der Waals surface area contributed by atoms with Gasteiger partial charge in [0, 0.05) is 39.1 Å². The molecule has 0 spiro atoms. The second-order valence-corrected chi connectivity index (χ2v) is 7.53. The van der Waals surface area contributed by atoms with E-state index in [9.17, 15) is 12.8 Å². The molecule has 1 aliphatic heterocycles. The Hall–Kier alpha value is -1.77. The van der Waals surface area contributed by atoms with Crippen molar-refractivity contribution in [2.45, 2.75) is 11.8 Å². The fourth-order valence-corrected chi connectivity index (χ4v) is 4.52. The van der Waals surface area contributed by atoms with E-state index >= 15 is 0 Å². The smallest absolute Gasteiger partial charge is 0.219 e. The molecule has 23 heavy (non-hydrogen) atoms. The van der Waals surface area contributed by atoms with Crippen LogP contribution in [-0.4, -0.2) is 41.9 Å². The van der Waals surface area contributed by atoms with Gasteiger partial charge in [-0.15, -0.1) is 0 Å². The minimum atomic E-state index is -3.52. The fourth-order valence-electron chi connectivity index (χ4n) is 2.81. The molecule has 0 radical (unpaired) electrons. The number of sulfonamides is 1. The van der Waals surface area contributed by atoms with Crippen LogP contribution in [0.1, 0.15) is 17.4 Å². The van der Waals surface area contributed by atoms with Gasteiger partial charge in [0.05, 0.1) is 11.8 Å². The zero-order valence-corrected chi connectivity index (χ0v) is 13.6. The van der Waals surface area contributed by atoms with Crippen molar-refractivity contribution < 1.29 is 12.8 Å². The van der Waals surface area contributed by atoms with Crippen molar-refractivity contribution in [2.24, 2.45) is 7.05 Å². The molecule has 8 heteroatoms. The quantitative estimate of drug-likeness (QED) is 0.904. The minimum absolute atomic E-state index is 0.145. The lowest BCUT2D eigenvalue weighted by atomic mass is 10.2. The summed E-state index contributed by atoms with van der Waals surface area (Å²) < 4.78 is 42.0. The van der Waals surface area contributed by atoms with Crippen LogP contribution >= 0.6 is 0 Å². The summed E-state index contributed by atoms with van der Waals surface area (Å²) in [6.07, 6.45) is 3.46. The second-order valence-electron chi connectivity index (χ2n) is 5.61. The Labute approximate surface area is 135 Å². The van der Waals surface area contributed by atoms with Crippen molar-refractivity contribution in [3.05, 3.63) is 53.9 Å². The summed E-state index contributed by atoms with van der Waals surface area (Å²) in [5.41, 5.74) is 0.573. The summed E-state index contributed by atoms with van der Waals surface area (Å²) >= 11 is 0. The first-order valence-electron chi connectivity index (χ1n) is 7.39. The Balaban J connectivity index is 1.87. The van der Waals surface area contributed by atoms with Crippen molar-refractivity contribution in [1.29, 1.82) is 0 Å². The largest absolute Gasteiger partial charge is 0.337 e. The number of hydrogen-bond donors (Lipinski definition) is 1. The van der Waals surface area contributed by atoms with E-state index in [4.69, 9.17) is 0 Å². The van der Waals surface area contributed by atoms with Gasteiger partial charge >= 0.3 is 0 Å². The number of rotatable bonds is 4. The number of aryl methyl sites for hydroxylation is 1. The molecule has 1 aromatic carbocycles. The third-order valence-electron chi connectivity index (χ3n) is 3.97. The predicted octanol–water partition coefficient (Wildman–Crippen LogP) is 1.04. The molecule has 0 bridgehead atoms. The van der Waals surface area contributed by atoms with Crippen LogP contribution in [0.5, 0.6) is 0 Å². The van der Waals surface area contributed by atoms with E-state index in [-0.39, 0.29) is 17.6 Å². The number of hydrogen-bond acceptors (Lipinski definition) is 4. The third kappa shape index (κ3) is 3.44. The Morgan fingerprint density at radius 3 is 2.74 bits per heavy atom. The highest BCUT2D eigenvalue weighted by Crippen LogP contribution is 2.25. The molecule has 2 aromatic rings. The zero-order chi connectivity index (χ0) is 16.4. The molecule has 1 N–H and O–H groups in total. The molecule has 1 atom stereocenters. The molecule has 1 aliphatic rings. The van der Waals surface area contributed by atoms with Crippen LogP contribution < -0.4 is 5.32 Å². The van der Waals surface area contributed by atoms with Crippen LogP contribution in [-0.2, 0) is 22.8 Å². The average molecular weight is 338 g/mol. The lowest BCUT2D eigenvalue weighted by Gasteiger charge is -2.34. The number of nitrogens with zero attached hydrogens (tertiary/aromatic N) is 3. The van der Waals surface area contributed by atoms with E-state index in [2.05, 4.69) is 10.3 Å². The van der Waals surface area contributed by atoms with Crippen LogP contribution in [0, 0.1) is 5.82 Å². The summed E-state index contributed by atoms with van der Waals surface area (Å²) in [4.78, 5) is 4.29. The molecule has 0 saturated carbocycles. The van der Waals surface area contributed by atoms with E-state index in [1.807, 2.05) is 11.6 Å². The van der Waals surface area contributed by atoms with Gasteiger partial charge in [0.1, 0.15) is 11.6 Å². The molecule has 1 saturated heterocycles. The van der Waals surface area contributed by atoms with Crippen LogP contribution in [0.25, 0.3) is 0 Å². The maximum Gasteiger partial charge on any atom is 0.219 e. The van der Waals surface area contributed by atoms with E-state index in [0.29, 0.717) is 31.0 Å². The fraction of sp³-hybridized carbons (Fsp3) is 0.400. The van der Waals surface area contributed by atoms with Crippen molar-refractivity contribution >= 4 is 10.0 Å². The van der Waals surface area contributed by atoms with E-state index in [1.165, 1.54) is 28.6 Å². The van der Waals surface area contributed by atoms with Crippen molar-refractivity contribution in [3.63, 3.8) is 0 Å². The molecular weight excluding hydrogens is 319 g/mol. The van der Waals surface area contributed by atoms with Gasteiger partial charge in [-0.25, -0.2) is 17.8 Å². The highest BCUT2D eigenvalue weighted by molar-refractivity contribution is 7.88. The number of halogens is 1. The monoisotopic (exact) mass is 338 g/mol. The summed E-state index contributed by atoms with van der Waals surface area (Å²) in [6, 6.07) is 5.22. The Bertz CT molecular complexity index is 773. The van der Waals surface area contributed by atoms with E-state index in [1.54, 1.807) is 12.4 Å². The molecule has 124 valence electrons. The van der Waals surface area contributed by atoms with E-state index < -0.39 is 10.0 Å². The lowest BCUT2D eigenvalue weighted by Crippen LogP contribution is -2.49. The number of imidazole rings is 1. The van der Waals surface area contributed by atoms with Gasteiger partial charge < -0.3 is 9.88 Å². The number of benzene rings is 1. The number of aromatic nitrogens is 2. The minimum Gasteiger partial charge on any atom is -0.337 e. The van der Waals surface area contributed by atoms with Crippen LogP contribution in [0.15, 0.2) is 36.7 Å². The highest BCUT2D eigenvalue weighted by atomic mass is 32.2. The summed E-state index contributed by atoms with van der Waals surface area (Å²) in [5, 5.41) is 3.21. The Morgan fingerprint density at radius 2 is 2.09 bits per heavy atom. The van der Waals surface area contributed by atoms with Crippen molar-refractivity contribution in [3.8, 4) is 0 Å². The molecule has 0 aliphatic carbocycles. The molecule has 3 rings (SSSR count). The summed E-state index contributed by atoms with van der Waals surface area (Å²) in [5.74, 6) is 0.188. The highest BCUT2D eigenvalue weighted by Gasteiger charge is 2.35. The third-order valence-corrected chi connectivity index (χ3v) is 5.82. The van der Waals surface area contributed by atoms with Crippen molar-refractivity contribution in [1.82, 2.24) is 19.2 Å². The predicted molar refractivity (Wildman–Crippen MR) is 84.5 cm³/mol. The van der Waals surface area contributed by atoms with Gasteiger partial charge in [-0.2, -0.15) is 4.31 Å². The molecule has 1 aromatic heterocycles. The SMILES string of the molecule is Cn1ccnc1C1CNCCN1S(=O)(=O)Cc1ccc(F)cc1. The topological polar surface area (TPSA) is 67.2 Å². The molecule has 6 nitrogen and oxygen atoms in total. The first kappa shape index (κ1) is 16.1. The van der Waals surface area contributed by atoms with Crippen LogP contribution in [0.2, 0.25) is 0 Å². The maximum atomic E-state index is 13.0. The first-order chi connectivity index (χ1) is 11.0. The van der Waals surface area contributed by atoms with E-state index in [0.717, 1.165) is 0 Å². The molecule has 1 unspecified atom stereocenters. The standard InChI is InChI=1S/C15H19FN4O2S/c1-19-8-7-18-15(19)14-10-17-6-9-20(14)23(21,22)11-12-2-4-13(16)5-3-12/h2-5,7-8,14,17H,6,9-11H2,1H3. The zero-order valence-electron chi connectivity index (χ0n) is 12.8. The average Bonchev–Trinajstić information content (AvgIpc) is 2.95. The summed E-state index contributed by atoms with van der Waals surface area (Å²) in [6.45, 7) is 1.51. The molecule has 1 fully saturated rings. The van der Waals surface area contributed by atoms with Crippen LogP contribution in [0.4, 0.5) is 4.39 Å². The second kappa shape index (κ2) is 6.38. The first-order valence-corrected chi connectivity index (χ1v) is 9.00. The van der Waals surface area contributed by atoms with Gasteiger partial charge in [0.2, 0.25) is 10.0 Å². The number of nitrogens with one attached hydrogen (secondary N) is 1. The Kier molecular flexibility index (Phi) is 4.47. The normalized spacial score (nSPS) is 19.8. The van der Waals surface area contributed by atoms with Gasteiger partial charge in [0.15, 0.2) is 0 Å². The van der Waals surface area contributed by atoms with Gasteiger partial charge in [-0.05, 0) is 17.7 Å². The van der Waals surface area contributed by atoms with Gasteiger partial charge in [-0.3, -0.25) is 0 Å². The van der Waals surface area contributed by atoms with Crippen molar-refractivity contribution in [2.75, 3.05) is 19.6 Å². The Morgan fingerprint density at radius 1 is 1.35 bits per heavy atom. The summed E-state index contributed by atoms with van der Waals surface area (Å²) in [7, 11) is -1.67.